The molecule has 1 saturated heterocycles. The fraction of sp³-hybridized carbons (Fsp3) is 0.471. The topological polar surface area (TPSA) is 71.0 Å². The lowest BCUT2D eigenvalue weighted by molar-refractivity contribution is -0.121. The fourth-order valence-electron chi connectivity index (χ4n) is 2.39. The molecule has 2 amide bonds. The predicted octanol–water partition coefficient (Wildman–Crippen LogP) is 2.44. The number of hydrogen-bond acceptors (Lipinski definition) is 5. The zero-order valence-corrected chi connectivity index (χ0v) is 15.1. The Morgan fingerprint density at radius 1 is 1.29 bits per heavy atom. The molecule has 2 rings (SSSR count). The average Bonchev–Trinajstić information content (AvgIpc) is 2.83. The molecule has 1 aliphatic rings. The molecule has 24 heavy (non-hydrogen) atoms. The van der Waals surface area contributed by atoms with Gasteiger partial charge in [0.05, 0.1) is 12.3 Å². The number of imide groups is 1. The molecular weight excluding hydrogens is 326 g/mol. The summed E-state index contributed by atoms with van der Waals surface area (Å²) in [4.78, 5) is 30.5. The number of benzene rings is 1. The zero-order chi connectivity index (χ0) is 17.5. The molecule has 1 fully saturated rings. The lowest BCUT2D eigenvalue weighted by Gasteiger charge is -2.16. The predicted molar refractivity (Wildman–Crippen MR) is 97.8 cm³/mol. The molecule has 7 heteroatoms. The van der Waals surface area contributed by atoms with Crippen LogP contribution < -0.4 is 15.0 Å². The van der Waals surface area contributed by atoms with Gasteiger partial charge in [-0.25, -0.2) is 4.90 Å². The van der Waals surface area contributed by atoms with Crippen molar-refractivity contribution in [2.24, 2.45) is 4.99 Å². The van der Waals surface area contributed by atoms with Crippen molar-refractivity contribution in [1.29, 1.82) is 0 Å². The maximum Gasteiger partial charge on any atom is 0.247 e. The van der Waals surface area contributed by atoms with Crippen LogP contribution in [0.15, 0.2) is 29.3 Å². The number of carbonyl (C=O) groups is 2. The minimum Gasteiger partial charge on any atom is -0.494 e. The van der Waals surface area contributed by atoms with Crippen molar-refractivity contribution >= 4 is 34.4 Å². The third-order valence-electron chi connectivity index (χ3n) is 3.39. The number of carbonyl (C=O) groups excluding carboxylic acids is 2. The Balaban J connectivity index is 2.12. The fourth-order valence-corrected chi connectivity index (χ4v) is 3.52. The smallest absolute Gasteiger partial charge is 0.247 e. The van der Waals surface area contributed by atoms with E-state index in [4.69, 9.17) is 4.74 Å². The largest absolute Gasteiger partial charge is 0.494 e. The van der Waals surface area contributed by atoms with Gasteiger partial charge in [-0.1, -0.05) is 11.8 Å². The molecule has 1 aromatic carbocycles. The number of aliphatic imine (C=N–C) groups is 1. The molecular formula is C17H23N3O3S. The maximum atomic E-state index is 12.6. The first-order chi connectivity index (χ1) is 11.6. The third kappa shape index (κ3) is 4.29. The number of rotatable bonds is 6. The summed E-state index contributed by atoms with van der Waals surface area (Å²) in [5.41, 5.74) is 0.578. The second-order valence-electron chi connectivity index (χ2n) is 5.11. The number of thioether (sulfide) groups is 1. The Labute approximate surface area is 146 Å². The van der Waals surface area contributed by atoms with E-state index in [-0.39, 0.29) is 18.2 Å². The number of nitrogens with zero attached hydrogens (tertiary/aromatic N) is 2. The summed E-state index contributed by atoms with van der Waals surface area (Å²) in [6, 6.07) is 7.00. The van der Waals surface area contributed by atoms with E-state index in [2.05, 4.69) is 10.3 Å². The van der Waals surface area contributed by atoms with Crippen LogP contribution in [-0.4, -0.2) is 41.9 Å². The van der Waals surface area contributed by atoms with Crippen molar-refractivity contribution in [3.05, 3.63) is 24.3 Å². The SMILES string of the molecule is CCN=C(NCC)SC1CC(=O)N(c2ccc(OCC)cc2)C1=O. The van der Waals surface area contributed by atoms with Crippen LogP contribution in [0.4, 0.5) is 5.69 Å². The summed E-state index contributed by atoms with van der Waals surface area (Å²) in [7, 11) is 0. The lowest BCUT2D eigenvalue weighted by atomic mass is 10.3. The molecule has 0 aliphatic carbocycles. The van der Waals surface area contributed by atoms with Gasteiger partial charge < -0.3 is 10.1 Å². The first kappa shape index (κ1) is 18.3. The highest BCUT2D eigenvalue weighted by Gasteiger charge is 2.40. The number of nitrogens with one attached hydrogen (secondary N) is 1. The summed E-state index contributed by atoms with van der Waals surface area (Å²) in [5.74, 6) is 0.334. The second-order valence-corrected chi connectivity index (χ2v) is 6.31. The van der Waals surface area contributed by atoms with Gasteiger partial charge >= 0.3 is 0 Å². The van der Waals surface area contributed by atoms with E-state index < -0.39 is 5.25 Å². The minimum atomic E-state index is -0.437. The van der Waals surface area contributed by atoms with Crippen LogP contribution in [0, 0.1) is 0 Å². The quantitative estimate of drug-likeness (QED) is 0.485. The second kappa shape index (κ2) is 8.73. The Morgan fingerprint density at radius 2 is 2.00 bits per heavy atom. The Bertz CT molecular complexity index is 616. The summed E-state index contributed by atoms with van der Waals surface area (Å²) in [6.45, 7) is 7.74. The van der Waals surface area contributed by atoms with Gasteiger partial charge in [-0.05, 0) is 45.0 Å². The molecule has 1 atom stereocenters. The van der Waals surface area contributed by atoms with Gasteiger partial charge in [0.2, 0.25) is 11.8 Å². The molecule has 0 bridgehead atoms. The number of hydrogen-bond donors (Lipinski definition) is 1. The van der Waals surface area contributed by atoms with E-state index >= 15 is 0 Å². The van der Waals surface area contributed by atoms with Gasteiger partial charge in [0.25, 0.3) is 0 Å². The van der Waals surface area contributed by atoms with Gasteiger partial charge in [0, 0.05) is 19.5 Å². The standard InChI is InChI=1S/C17H23N3O3S/c1-4-18-17(19-5-2)24-14-11-15(21)20(16(14)22)12-7-9-13(10-8-12)23-6-3/h7-10,14H,4-6,11H2,1-3H3,(H,18,19). The van der Waals surface area contributed by atoms with Crippen molar-refractivity contribution in [2.45, 2.75) is 32.4 Å². The van der Waals surface area contributed by atoms with Crippen molar-refractivity contribution in [2.75, 3.05) is 24.6 Å². The molecule has 0 radical (unpaired) electrons. The molecule has 1 heterocycles. The van der Waals surface area contributed by atoms with E-state index in [1.165, 1.54) is 16.7 Å². The molecule has 0 spiro atoms. The van der Waals surface area contributed by atoms with Crippen molar-refractivity contribution in [3.63, 3.8) is 0 Å². The number of anilines is 1. The van der Waals surface area contributed by atoms with Crippen LogP contribution in [0.2, 0.25) is 0 Å². The maximum absolute atomic E-state index is 12.6. The molecule has 130 valence electrons. The molecule has 1 N–H and O–H groups in total. The van der Waals surface area contributed by atoms with E-state index in [1.807, 2.05) is 20.8 Å². The van der Waals surface area contributed by atoms with Crippen molar-refractivity contribution < 1.29 is 14.3 Å². The molecule has 1 aromatic rings. The van der Waals surface area contributed by atoms with Gasteiger partial charge in [-0.15, -0.1) is 0 Å². The van der Waals surface area contributed by atoms with Crippen molar-refractivity contribution in [1.82, 2.24) is 5.32 Å². The normalized spacial score (nSPS) is 18.2. The monoisotopic (exact) mass is 349 g/mol. The highest BCUT2D eigenvalue weighted by molar-refractivity contribution is 8.15. The molecule has 0 aromatic heterocycles. The Kier molecular flexibility index (Phi) is 6.66. The minimum absolute atomic E-state index is 0.185. The van der Waals surface area contributed by atoms with Crippen LogP contribution >= 0.6 is 11.8 Å². The van der Waals surface area contributed by atoms with Crippen molar-refractivity contribution in [3.8, 4) is 5.75 Å². The van der Waals surface area contributed by atoms with E-state index in [1.54, 1.807) is 24.3 Å². The van der Waals surface area contributed by atoms with Gasteiger partial charge in [0.15, 0.2) is 5.17 Å². The van der Waals surface area contributed by atoms with Gasteiger partial charge in [0.1, 0.15) is 11.0 Å². The average molecular weight is 349 g/mol. The number of ether oxygens (including phenoxy) is 1. The van der Waals surface area contributed by atoms with Crippen LogP contribution in [0.25, 0.3) is 0 Å². The molecule has 6 nitrogen and oxygen atoms in total. The summed E-state index contributed by atoms with van der Waals surface area (Å²) in [5, 5.41) is 3.41. The summed E-state index contributed by atoms with van der Waals surface area (Å²) >= 11 is 1.33. The van der Waals surface area contributed by atoms with Crippen LogP contribution in [0.1, 0.15) is 27.2 Å². The zero-order valence-electron chi connectivity index (χ0n) is 14.2. The van der Waals surface area contributed by atoms with Crippen LogP contribution in [-0.2, 0) is 9.59 Å². The third-order valence-corrected chi connectivity index (χ3v) is 4.54. The summed E-state index contributed by atoms with van der Waals surface area (Å²) in [6.07, 6.45) is 0.185. The van der Waals surface area contributed by atoms with E-state index in [9.17, 15) is 9.59 Å². The first-order valence-electron chi connectivity index (χ1n) is 8.15. The summed E-state index contributed by atoms with van der Waals surface area (Å²) < 4.78 is 5.39. The lowest BCUT2D eigenvalue weighted by Crippen LogP contribution is -2.32. The van der Waals surface area contributed by atoms with Gasteiger partial charge in [-0.2, -0.15) is 0 Å². The highest BCUT2D eigenvalue weighted by Crippen LogP contribution is 2.31. The highest BCUT2D eigenvalue weighted by atomic mass is 32.2. The Morgan fingerprint density at radius 3 is 2.58 bits per heavy atom. The van der Waals surface area contributed by atoms with E-state index in [0.717, 1.165) is 12.3 Å². The molecule has 1 aliphatic heterocycles. The molecule has 1 unspecified atom stereocenters. The molecule has 0 saturated carbocycles. The van der Waals surface area contributed by atoms with Crippen LogP contribution in [0.5, 0.6) is 5.75 Å². The first-order valence-corrected chi connectivity index (χ1v) is 9.03. The van der Waals surface area contributed by atoms with E-state index in [0.29, 0.717) is 24.0 Å². The van der Waals surface area contributed by atoms with Gasteiger partial charge in [-0.3, -0.25) is 14.6 Å². The number of amides is 2. The Hall–Kier alpha value is -2.02. The van der Waals surface area contributed by atoms with Crippen LogP contribution in [0.3, 0.4) is 0 Å². The number of amidine groups is 1.